The lowest BCUT2D eigenvalue weighted by molar-refractivity contribution is -0.142. The van der Waals surface area contributed by atoms with Crippen LogP contribution in [-0.2, 0) is 24.5 Å². The number of alkyl carbamates (subject to hydrolysis) is 1. The number of aromatic nitrogens is 2. The zero-order valence-electron chi connectivity index (χ0n) is 16.7. The number of ether oxygens (including phenoxy) is 1. The van der Waals surface area contributed by atoms with Crippen molar-refractivity contribution in [3.8, 4) is 0 Å². The average Bonchev–Trinajstić information content (AvgIpc) is 3.12. The van der Waals surface area contributed by atoms with Crippen molar-refractivity contribution in [2.45, 2.75) is 51.6 Å². The fourth-order valence-electron chi connectivity index (χ4n) is 2.96. The van der Waals surface area contributed by atoms with Gasteiger partial charge in [0.2, 0.25) is 0 Å². The van der Waals surface area contributed by atoms with E-state index in [-0.39, 0.29) is 18.2 Å². The highest BCUT2D eigenvalue weighted by atomic mass is 19.4. The molecule has 0 bridgehead atoms. The summed E-state index contributed by atoms with van der Waals surface area (Å²) in [7, 11) is 3.01. The Balaban J connectivity index is 1.93. The summed E-state index contributed by atoms with van der Waals surface area (Å²) in [5.41, 5.74) is -1.46. The highest BCUT2D eigenvalue weighted by Gasteiger charge is 2.37. The summed E-state index contributed by atoms with van der Waals surface area (Å²) in [5.74, 6) is 0.463. The minimum Gasteiger partial charge on any atom is -0.444 e. The third kappa shape index (κ3) is 6.03. The maximum atomic E-state index is 13.1. The fourth-order valence-corrected chi connectivity index (χ4v) is 2.96. The molecule has 0 saturated carbocycles. The number of halogens is 3. The van der Waals surface area contributed by atoms with Crippen LogP contribution in [0, 0.1) is 0 Å². The van der Waals surface area contributed by atoms with Crippen molar-refractivity contribution in [1.29, 1.82) is 0 Å². The molecule has 1 fully saturated rings. The largest absolute Gasteiger partial charge is 0.444 e. The van der Waals surface area contributed by atoms with Crippen LogP contribution in [0.5, 0.6) is 0 Å². The molecule has 2 heterocycles. The van der Waals surface area contributed by atoms with Gasteiger partial charge in [0.1, 0.15) is 5.60 Å². The van der Waals surface area contributed by atoms with E-state index in [1.807, 2.05) is 4.90 Å². The van der Waals surface area contributed by atoms with Gasteiger partial charge in [0.15, 0.2) is 11.7 Å². The molecule has 158 valence electrons. The summed E-state index contributed by atoms with van der Waals surface area (Å²) in [6.07, 6.45) is -2.99. The molecule has 1 unspecified atom stereocenters. The molecule has 2 N–H and O–H groups in total. The highest BCUT2D eigenvalue weighted by Crippen LogP contribution is 2.30. The van der Waals surface area contributed by atoms with Gasteiger partial charge in [-0.1, -0.05) is 0 Å². The number of hydrogen-bond acceptors (Lipinski definition) is 4. The number of carbonyl (C=O) groups excluding carboxylic acids is 1. The lowest BCUT2D eigenvalue weighted by atomic mass is 10.2. The van der Waals surface area contributed by atoms with Crippen molar-refractivity contribution in [2.24, 2.45) is 12.0 Å². The molecular weight excluding hydrogens is 377 g/mol. The van der Waals surface area contributed by atoms with Gasteiger partial charge in [0.05, 0.1) is 6.04 Å². The minimum absolute atomic E-state index is 0.0405. The van der Waals surface area contributed by atoms with Gasteiger partial charge in [-0.2, -0.15) is 18.3 Å². The molecule has 1 aliphatic rings. The number of guanidine groups is 1. The smallest absolute Gasteiger partial charge is 0.435 e. The van der Waals surface area contributed by atoms with Crippen LogP contribution >= 0.6 is 0 Å². The van der Waals surface area contributed by atoms with Gasteiger partial charge in [-0.15, -0.1) is 0 Å². The maximum absolute atomic E-state index is 13.1. The molecule has 0 aliphatic carbocycles. The van der Waals surface area contributed by atoms with Gasteiger partial charge >= 0.3 is 12.3 Å². The monoisotopic (exact) mass is 404 g/mol. The Bertz CT molecular complexity index is 723. The highest BCUT2D eigenvalue weighted by molar-refractivity contribution is 5.80. The summed E-state index contributed by atoms with van der Waals surface area (Å²) in [5, 5.41) is 9.24. The third-order valence-corrected chi connectivity index (χ3v) is 4.03. The Morgan fingerprint density at radius 2 is 2.07 bits per heavy atom. The van der Waals surface area contributed by atoms with E-state index < -0.39 is 23.6 Å². The summed E-state index contributed by atoms with van der Waals surface area (Å²) in [6, 6.07) is -0.127. The molecule has 1 saturated heterocycles. The molecule has 1 amide bonds. The quantitative estimate of drug-likeness (QED) is 0.596. The normalized spacial score (nSPS) is 18.4. The second kappa shape index (κ2) is 8.27. The Hall–Kier alpha value is -2.46. The average molecular weight is 404 g/mol. The number of nitrogens with zero attached hydrogens (tertiary/aromatic N) is 4. The first-order valence-corrected chi connectivity index (χ1v) is 8.94. The maximum Gasteiger partial charge on any atom is 0.435 e. The summed E-state index contributed by atoms with van der Waals surface area (Å²) >= 11 is 0. The third-order valence-electron chi connectivity index (χ3n) is 4.03. The topological polar surface area (TPSA) is 83.8 Å². The minimum atomic E-state index is -4.52. The second-order valence-electron chi connectivity index (χ2n) is 7.65. The van der Waals surface area contributed by atoms with Crippen LogP contribution in [0.2, 0.25) is 0 Å². The lowest BCUT2D eigenvalue weighted by Crippen LogP contribution is -2.44. The Kier molecular flexibility index (Phi) is 6.45. The van der Waals surface area contributed by atoms with Gasteiger partial charge in [0.25, 0.3) is 0 Å². The molecule has 28 heavy (non-hydrogen) atoms. The van der Waals surface area contributed by atoms with Crippen molar-refractivity contribution in [3.05, 3.63) is 17.5 Å². The molecule has 0 aromatic carbocycles. The van der Waals surface area contributed by atoms with E-state index in [4.69, 9.17) is 4.74 Å². The number of carbonyl (C=O) groups is 1. The predicted molar refractivity (Wildman–Crippen MR) is 97.8 cm³/mol. The van der Waals surface area contributed by atoms with Crippen LogP contribution in [0.25, 0.3) is 0 Å². The number of aliphatic imine (C=N–C) groups is 1. The van der Waals surface area contributed by atoms with Gasteiger partial charge in [-0.05, 0) is 27.2 Å². The first-order chi connectivity index (χ1) is 12.9. The van der Waals surface area contributed by atoms with Crippen molar-refractivity contribution in [3.63, 3.8) is 0 Å². The number of alkyl halides is 3. The number of hydrogen-bond donors (Lipinski definition) is 2. The van der Waals surface area contributed by atoms with Crippen LogP contribution in [0.4, 0.5) is 18.0 Å². The van der Waals surface area contributed by atoms with E-state index in [2.05, 4.69) is 20.7 Å². The molecule has 1 atom stereocenters. The summed E-state index contributed by atoms with van der Waals surface area (Å²) in [6.45, 7) is 6.39. The lowest BCUT2D eigenvalue weighted by Gasteiger charge is -2.23. The van der Waals surface area contributed by atoms with E-state index in [1.165, 1.54) is 13.2 Å². The Labute approximate surface area is 162 Å². The van der Waals surface area contributed by atoms with Crippen LogP contribution in [-0.4, -0.2) is 58.5 Å². The molecule has 2 rings (SSSR count). The van der Waals surface area contributed by atoms with Crippen molar-refractivity contribution in [2.75, 3.05) is 20.1 Å². The number of nitrogens with one attached hydrogen (secondary N) is 2. The zero-order valence-corrected chi connectivity index (χ0v) is 16.7. The molecule has 1 aromatic heterocycles. The van der Waals surface area contributed by atoms with Gasteiger partial charge in [-0.25, -0.2) is 4.79 Å². The molecule has 0 radical (unpaired) electrons. The van der Waals surface area contributed by atoms with Crippen molar-refractivity contribution < 1.29 is 22.7 Å². The van der Waals surface area contributed by atoms with E-state index in [0.29, 0.717) is 25.5 Å². The summed E-state index contributed by atoms with van der Waals surface area (Å²) in [4.78, 5) is 17.9. The molecule has 1 aliphatic heterocycles. The van der Waals surface area contributed by atoms with Crippen LogP contribution < -0.4 is 10.6 Å². The van der Waals surface area contributed by atoms with E-state index in [0.717, 1.165) is 4.68 Å². The first-order valence-electron chi connectivity index (χ1n) is 8.94. The Morgan fingerprint density at radius 3 is 2.64 bits per heavy atom. The predicted octanol–water partition coefficient (Wildman–Crippen LogP) is 2.11. The van der Waals surface area contributed by atoms with E-state index in [1.54, 1.807) is 27.8 Å². The van der Waals surface area contributed by atoms with Gasteiger partial charge < -0.3 is 20.3 Å². The number of aryl methyl sites for hydroxylation is 1. The van der Waals surface area contributed by atoms with Gasteiger partial charge in [0, 0.05) is 45.5 Å². The van der Waals surface area contributed by atoms with Crippen molar-refractivity contribution in [1.82, 2.24) is 25.3 Å². The SMILES string of the molecule is CN=C(NCc1cn(C)nc1C(F)(F)F)N1CCC(NC(=O)OC(C)(C)C)C1. The molecule has 1 aromatic rings. The molecular formula is C17H27F3N6O2. The van der Waals surface area contributed by atoms with Crippen molar-refractivity contribution >= 4 is 12.1 Å². The molecule has 0 spiro atoms. The summed E-state index contributed by atoms with van der Waals surface area (Å²) < 4.78 is 45.6. The number of amides is 1. The fraction of sp³-hybridized carbons (Fsp3) is 0.706. The van der Waals surface area contributed by atoms with Crippen LogP contribution in [0.3, 0.4) is 0 Å². The van der Waals surface area contributed by atoms with Crippen LogP contribution in [0.15, 0.2) is 11.2 Å². The molecule has 11 heteroatoms. The van der Waals surface area contributed by atoms with Gasteiger partial charge in [-0.3, -0.25) is 9.67 Å². The van der Waals surface area contributed by atoms with E-state index >= 15 is 0 Å². The Morgan fingerprint density at radius 1 is 1.39 bits per heavy atom. The first kappa shape index (κ1) is 21.8. The second-order valence-corrected chi connectivity index (χ2v) is 7.65. The molecule has 8 nitrogen and oxygen atoms in total. The van der Waals surface area contributed by atoms with E-state index in [9.17, 15) is 18.0 Å². The number of rotatable bonds is 3. The number of likely N-dealkylation sites (tertiary alicyclic amines) is 1. The van der Waals surface area contributed by atoms with Crippen LogP contribution in [0.1, 0.15) is 38.4 Å². The standard InChI is InChI=1S/C17H27F3N6O2/c1-16(2,3)28-15(27)23-12-6-7-26(10-12)14(21-4)22-8-11-9-25(5)24-13(11)17(18,19)20/h9,12H,6-8,10H2,1-5H3,(H,21,22)(H,23,27). The zero-order chi connectivity index (χ0) is 21.1.